The molecule has 0 aliphatic carbocycles. The number of benzene rings is 3. The number of carbonyl (C=O) groups is 3. The number of rotatable bonds is 7. The molecule has 1 heterocycles. The Balaban J connectivity index is 1.96. The van der Waals surface area contributed by atoms with Gasteiger partial charge in [0.2, 0.25) is 0 Å². The molecule has 0 radical (unpaired) electrons. The predicted octanol–water partition coefficient (Wildman–Crippen LogP) is 5.72. The van der Waals surface area contributed by atoms with Crippen LogP contribution in [-0.2, 0) is 17.6 Å². The number of anilines is 1. The standard InChI is InChI=1S/C25H20ClF2NO5/c1-12(2)9-16-14-5-3-4-6-15(14)22(34-25(27)28)21-20(16)23(32)29(24(21)33)18-8-7-13(10-17(18)26)11-19(30)31/h3-8,10,12,25H,9,11H2,1-2H3,(H,30,31). The fourth-order valence-corrected chi connectivity index (χ4v) is 4.59. The van der Waals surface area contributed by atoms with Gasteiger partial charge in [-0.25, -0.2) is 4.90 Å². The second kappa shape index (κ2) is 9.02. The van der Waals surface area contributed by atoms with Crippen LogP contribution in [0.4, 0.5) is 14.5 Å². The normalized spacial score (nSPS) is 13.3. The fourth-order valence-electron chi connectivity index (χ4n) is 4.30. The van der Waals surface area contributed by atoms with E-state index in [0.29, 0.717) is 28.3 Å². The van der Waals surface area contributed by atoms with Gasteiger partial charge in [-0.3, -0.25) is 14.4 Å². The molecule has 0 atom stereocenters. The highest BCUT2D eigenvalue weighted by Gasteiger charge is 2.43. The van der Waals surface area contributed by atoms with Crippen molar-refractivity contribution in [3.05, 3.63) is 69.7 Å². The van der Waals surface area contributed by atoms with Crippen LogP contribution in [0.3, 0.4) is 0 Å². The SMILES string of the molecule is CC(C)Cc1c2c(c(OC(F)F)c3ccccc13)C(=O)N(c1ccc(CC(=O)O)cc1Cl)C2=O. The van der Waals surface area contributed by atoms with E-state index >= 15 is 0 Å². The minimum Gasteiger partial charge on any atom is -0.481 e. The molecule has 0 aromatic heterocycles. The molecule has 1 aliphatic heterocycles. The summed E-state index contributed by atoms with van der Waals surface area (Å²) in [5.74, 6) is -2.85. The van der Waals surface area contributed by atoms with Crippen molar-refractivity contribution in [3.63, 3.8) is 0 Å². The Bertz CT molecular complexity index is 1270. The number of imide groups is 1. The number of hydrogen-bond donors (Lipinski definition) is 1. The number of halogens is 3. The summed E-state index contributed by atoms with van der Waals surface area (Å²) < 4.78 is 31.6. The minimum absolute atomic E-state index is 0.0127. The van der Waals surface area contributed by atoms with Gasteiger partial charge >= 0.3 is 12.6 Å². The van der Waals surface area contributed by atoms with Gasteiger partial charge in [0.1, 0.15) is 5.75 Å². The van der Waals surface area contributed by atoms with E-state index in [1.165, 1.54) is 18.2 Å². The number of nitrogens with zero attached hydrogens (tertiary/aromatic N) is 1. The van der Waals surface area contributed by atoms with Gasteiger partial charge in [0, 0.05) is 5.39 Å². The smallest absolute Gasteiger partial charge is 0.387 e. The first-order chi connectivity index (χ1) is 16.1. The third kappa shape index (κ3) is 4.09. The molecule has 4 rings (SSSR count). The van der Waals surface area contributed by atoms with Gasteiger partial charge in [0.25, 0.3) is 11.8 Å². The maximum Gasteiger partial charge on any atom is 0.387 e. The summed E-state index contributed by atoms with van der Waals surface area (Å²) in [6.45, 7) is 0.683. The van der Waals surface area contributed by atoms with E-state index in [-0.39, 0.29) is 39.9 Å². The van der Waals surface area contributed by atoms with Crippen molar-refractivity contribution in [2.24, 2.45) is 5.92 Å². The number of fused-ring (bicyclic) bond motifs is 2. The summed E-state index contributed by atoms with van der Waals surface area (Å²) in [6.07, 6.45) is 0.133. The van der Waals surface area contributed by atoms with Gasteiger partial charge in [-0.05, 0) is 41.0 Å². The van der Waals surface area contributed by atoms with E-state index in [0.717, 1.165) is 4.90 Å². The van der Waals surface area contributed by atoms with Crippen molar-refractivity contribution < 1.29 is 33.0 Å². The van der Waals surface area contributed by atoms with E-state index in [1.807, 2.05) is 13.8 Å². The monoisotopic (exact) mass is 487 g/mol. The van der Waals surface area contributed by atoms with Crippen LogP contribution in [-0.4, -0.2) is 29.5 Å². The van der Waals surface area contributed by atoms with Crippen LogP contribution in [0, 0.1) is 5.92 Å². The zero-order valence-corrected chi connectivity index (χ0v) is 19.0. The molecule has 0 fully saturated rings. The average Bonchev–Trinajstić information content (AvgIpc) is 3.00. The molecule has 0 bridgehead atoms. The van der Waals surface area contributed by atoms with Crippen LogP contribution in [0.5, 0.6) is 5.75 Å². The molecule has 0 saturated carbocycles. The lowest BCUT2D eigenvalue weighted by Crippen LogP contribution is -2.30. The van der Waals surface area contributed by atoms with Crippen molar-refractivity contribution in [2.45, 2.75) is 33.3 Å². The molecule has 34 heavy (non-hydrogen) atoms. The molecule has 1 aliphatic rings. The first kappa shape index (κ1) is 23.6. The summed E-state index contributed by atoms with van der Waals surface area (Å²) in [4.78, 5) is 39.0. The first-order valence-electron chi connectivity index (χ1n) is 10.5. The summed E-state index contributed by atoms with van der Waals surface area (Å²) in [5, 5.41) is 9.85. The van der Waals surface area contributed by atoms with Crippen molar-refractivity contribution >= 4 is 45.8 Å². The van der Waals surface area contributed by atoms with Crippen LogP contribution in [0.1, 0.15) is 45.7 Å². The van der Waals surface area contributed by atoms with Crippen LogP contribution in [0.25, 0.3) is 10.8 Å². The number of ether oxygens (including phenoxy) is 1. The number of carbonyl (C=O) groups excluding carboxylic acids is 2. The van der Waals surface area contributed by atoms with Crippen molar-refractivity contribution in [1.29, 1.82) is 0 Å². The van der Waals surface area contributed by atoms with Crippen LogP contribution < -0.4 is 9.64 Å². The van der Waals surface area contributed by atoms with E-state index in [1.54, 1.807) is 24.3 Å². The van der Waals surface area contributed by atoms with E-state index in [4.69, 9.17) is 21.4 Å². The van der Waals surface area contributed by atoms with Gasteiger partial charge < -0.3 is 9.84 Å². The number of carboxylic acids is 1. The van der Waals surface area contributed by atoms with Crippen LogP contribution in [0.15, 0.2) is 42.5 Å². The Hall–Kier alpha value is -3.52. The lowest BCUT2D eigenvalue weighted by molar-refractivity contribution is -0.136. The zero-order valence-electron chi connectivity index (χ0n) is 18.3. The van der Waals surface area contributed by atoms with Crippen molar-refractivity contribution in [1.82, 2.24) is 0 Å². The molecule has 6 nitrogen and oxygen atoms in total. The minimum atomic E-state index is -3.21. The highest BCUT2D eigenvalue weighted by atomic mass is 35.5. The molecule has 0 spiro atoms. The third-order valence-electron chi connectivity index (χ3n) is 5.54. The largest absolute Gasteiger partial charge is 0.481 e. The fraction of sp³-hybridized carbons (Fsp3) is 0.240. The number of alkyl halides is 2. The number of hydrogen-bond acceptors (Lipinski definition) is 4. The van der Waals surface area contributed by atoms with Gasteiger partial charge in [-0.2, -0.15) is 8.78 Å². The molecule has 176 valence electrons. The van der Waals surface area contributed by atoms with Crippen LogP contribution in [0.2, 0.25) is 5.02 Å². The summed E-state index contributed by atoms with van der Waals surface area (Å²) in [6, 6.07) is 10.8. The number of aliphatic carboxylic acids is 1. The lowest BCUT2D eigenvalue weighted by atomic mass is 9.89. The summed E-state index contributed by atoms with van der Waals surface area (Å²) in [7, 11) is 0. The van der Waals surface area contributed by atoms with Gasteiger partial charge in [0.05, 0.1) is 28.3 Å². The highest BCUT2D eigenvalue weighted by Crippen LogP contribution is 2.44. The molecule has 2 amide bonds. The maximum absolute atomic E-state index is 13.6. The Morgan fingerprint density at radius 2 is 1.71 bits per heavy atom. The Morgan fingerprint density at radius 3 is 2.29 bits per heavy atom. The molecule has 0 saturated heterocycles. The second-order valence-electron chi connectivity index (χ2n) is 8.38. The first-order valence-corrected chi connectivity index (χ1v) is 10.9. The van der Waals surface area contributed by atoms with Crippen molar-refractivity contribution in [3.8, 4) is 5.75 Å². The second-order valence-corrected chi connectivity index (χ2v) is 8.79. The summed E-state index contributed by atoms with van der Waals surface area (Å²) in [5.41, 5.74) is 0.765. The van der Waals surface area contributed by atoms with E-state index in [2.05, 4.69) is 0 Å². The molecule has 9 heteroatoms. The molecule has 3 aromatic rings. The summed E-state index contributed by atoms with van der Waals surface area (Å²) >= 11 is 6.33. The van der Waals surface area contributed by atoms with Crippen molar-refractivity contribution in [2.75, 3.05) is 4.90 Å². The van der Waals surface area contributed by atoms with E-state index < -0.39 is 24.4 Å². The Kier molecular flexibility index (Phi) is 6.27. The molecular weight excluding hydrogens is 468 g/mol. The van der Waals surface area contributed by atoms with E-state index in [9.17, 15) is 23.2 Å². The third-order valence-corrected chi connectivity index (χ3v) is 5.84. The topological polar surface area (TPSA) is 83.9 Å². The Morgan fingerprint density at radius 1 is 1.06 bits per heavy atom. The van der Waals surface area contributed by atoms with Gasteiger partial charge in [-0.15, -0.1) is 0 Å². The molecule has 1 N–H and O–H groups in total. The molecule has 3 aromatic carbocycles. The van der Waals surface area contributed by atoms with Gasteiger partial charge in [-0.1, -0.05) is 55.8 Å². The number of carboxylic acid groups (broad SMARTS) is 1. The maximum atomic E-state index is 13.6. The molecular formula is C25H20ClF2NO5. The number of amides is 2. The quantitative estimate of drug-likeness (QED) is 0.431. The predicted molar refractivity (Wildman–Crippen MR) is 123 cm³/mol. The highest BCUT2D eigenvalue weighted by molar-refractivity contribution is 6.41. The lowest BCUT2D eigenvalue weighted by Gasteiger charge is -2.17. The van der Waals surface area contributed by atoms with Gasteiger partial charge in [0.15, 0.2) is 0 Å². The molecule has 0 unspecified atom stereocenters. The Labute approximate surface area is 198 Å². The average molecular weight is 488 g/mol. The zero-order chi connectivity index (χ0) is 24.7. The van der Waals surface area contributed by atoms with Crippen LogP contribution >= 0.6 is 11.6 Å².